The van der Waals surface area contributed by atoms with Crippen molar-refractivity contribution in [1.82, 2.24) is 0 Å². The Hall–Kier alpha value is -0.820. The minimum absolute atomic E-state index is 0.352. The van der Waals surface area contributed by atoms with Gasteiger partial charge in [-0.15, -0.1) is 0 Å². The average Bonchev–Trinajstić information content (AvgIpc) is 2.24. The molecule has 0 saturated heterocycles. The van der Waals surface area contributed by atoms with Gasteiger partial charge in [-0.1, -0.05) is 32.0 Å². The van der Waals surface area contributed by atoms with Gasteiger partial charge in [0.15, 0.2) is 0 Å². The summed E-state index contributed by atoms with van der Waals surface area (Å²) < 4.78 is 0. The molecule has 16 heavy (non-hydrogen) atoms. The van der Waals surface area contributed by atoms with Gasteiger partial charge in [-0.3, -0.25) is 0 Å². The van der Waals surface area contributed by atoms with Gasteiger partial charge in [0.25, 0.3) is 0 Å². The van der Waals surface area contributed by atoms with Crippen molar-refractivity contribution < 1.29 is 0 Å². The van der Waals surface area contributed by atoms with Crippen LogP contribution in [-0.2, 0) is 6.42 Å². The predicted molar refractivity (Wildman–Crippen MR) is 71.7 cm³/mol. The van der Waals surface area contributed by atoms with Crippen LogP contribution in [0.3, 0.4) is 0 Å². The van der Waals surface area contributed by atoms with Crippen molar-refractivity contribution in [3.8, 4) is 0 Å². The maximum Gasteiger partial charge on any atom is 0.00620 e. The quantitative estimate of drug-likeness (QED) is 0.804. The van der Waals surface area contributed by atoms with Crippen LogP contribution in [0.25, 0.3) is 0 Å². The average molecular weight is 219 g/mol. The summed E-state index contributed by atoms with van der Waals surface area (Å²) >= 11 is 0. The Morgan fingerprint density at radius 2 is 1.88 bits per heavy atom. The molecule has 0 aliphatic carbocycles. The topological polar surface area (TPSA) is 26.0 Å². The maximum absolute atomic E-state index is 6.05. The van der Waals surface area contributed by atoms with Gasteiger partial charge in [-0.2, -0.15) is 0 Å². The zero-order valence-corrected chi connectivity index (χ0v) is 11.1. The van der Waals surface area contributed by atoms with Crippen molar-refractivity contribution in [2.75, 3.05) is 0 Å². The van der Waals surface area contributed by atoms with E-state index in [1.807, 2.05) is 0 Å². The lowest BCUT2D eigenvalue weighted by Crippen LogP contribution is -2.26. The SMILES string of the molecule is Cc1cccc(CCCC(N)C(C)C)c1C. The maximum atomic E-state index is 6.05. The minimum atomic E-state index is 0.352. The van der Waals surface area contributed by atoms with Gasteiger partial charge in [0, 0.05) is 6.04 Å². The van der Waals surface area contributed by atoms with Crippen molar-refractivity contribution in [2.24, 2.45) is 11.7 Å². The summed E-state index contributed by atoms with van der Waals surface area (Å²) in [5.41, 5.74) is 10.4. The van der Waals surface area contributed by atoms with Crippen molar-refractivity contribution in [3.05, 3.63) is 34.9 Å². The van der Waals surface area contributed by atoms with Crippen LogP contribution in [0, 0.1) is 19.8 Å². The van der Waals surface area contributed by atoms with Crippen LogP contribution in [0.15, 0.2) is 18.2 Å². The van der Waals surface area contributed by atoms with Crippen LogP contribution >= 0.6 is 0 Å². The van der Waals surface area contributed by atoms with Gasteiger partial charge >= 0.3 is 0 Å². The molecule has 0 saturated carbocycles. The molecule has 1 nitrogen and oxygen atoms in total. The summed E-state index contributed by atoms with van der Waals surface area (Å²) in [6.07, 6.45) is 3.49. The third-order valence-electron chi connectivity index (χ3n) is 3.56. The monoisotopic (exact) mass is 219 g/mol. The molecular formula is C15H25N. The zero-order valence-electron chi connectivity index (χ0n) is 11.1. The molecule has 1 rings (SSSR count). The molecule has 1 aromatic carbocycles. The van der Waals surface area contributed by atoms with Gasteiger partial charge in [-0.25, -0.2) is 0 Å². The van der Waals surface area contributed by atoms with Gasteiger partial charge in [0.2, 0.25) is 0 Å². The van der Waals surface area contributed by atoms with Gasteiger partial charge in [0.1, 0.15) is 0 Å². The smallest absolute Gasteiger partial charge is 0.00620 e. The van der Waals surface area contributed by atoms with E-state index in [4.69, 9.17) is 5.73 Å². The van der Waals surface area contributed by atoms with E-state index < -0.39 is 0 Å². The van der Waals surface area contributed by atoms with Crippen LogP contribution in [0.1, 0.15) is 43.4 Å². The largest absolute Gasteiger partial charge is 0.327 e. The lowest BCUT2D eigenvalue weighted by molar-refractivity contribution is 0.452. The molecule has 1 unspecified atom stereocenters. The van der Waals surface area contributed by atoms with Gasteiger partial charge in [-0.05, 0) is 55.7 Å². The Labute approximate surface area is 100 Å². The Kier molecular flexibility index (Phi) is 5.01. The van der Waals surface area contributed by atoms with Crippen LogP contribution in [-0.4, -0.2) is 6.04 Å². The summed E-state index contributed by atoms with van der Waals surface area (Å²) in [7, 11) is 0. The summed E-state index contributed by atoms with van der Waals surface area (Å²) in [5, 5.41) is 0. The summed E-state index contributed by atoms with van der Waals surface area (Å²) in [4.78, 5) is 0. The van der Waals surface area contributed by atoms with Gasteiger partial charge < -0.3 is 5.73 Å². The number of hydrogen-bond donors (Lipinski definition) is 1. The molecule has 1 atom stereocenters. The molecular weight excluding hydrogens is 194 g/mol. The van der Waals surface area contributed by atoms with E-state index in [1.54, 1.807) is 0 Å². The molecule has 0 aliphatic rings. The number of nitrogens with two attached hydrogens (primary N) is 1. The van der Waals surface area contributed by atoms with Crippen LogP contribution in [0.2, 0.25) is 0 Å². The zero-order chi connectivity index (χ0) is 12.1. The first kappa shape index (κ1) is 13.2. The van der Waals surface area contributed by atoms with Crippen molar-refractivity contribution >= 4 is 0 Å². The fraction of sp³-hybridized carbons (Fsp3) is 0.600. The predicted octanol–water partition coefficient (Wildman–Crippen LogP) is 3.61. The number of rotatable bonds is 5. The van der Waals surface area contributed by atoms with E-state index in [-0.39, 0.29) is 0 Å². The second-order valence-corrected chi connectivity index (χ2v) is 5.16. The second-order valence-electron chi connectivity index (χ2n) is 5.16. The van der Waals surface area contributed by atoms with E-state index >= 15 is 0 Å². The first-order valence-electron chi connectivity index (χ1n) is 6.33. The third-order valence-corrected chi connectivity index (χ3v) is 3.56. The highest BCUT2D eigenvalue weighted by Gasteiger charge is 2.07. The lowest BCUT2D eigenvalue weighted by Gasteiger charge is -2.15. The molecule has 0 radical (unpaired) electrons. The summed E-state index contributed by atoms with van der Waals surface area (Å²) in [6.45, 7) is 8.79. The molecule has 0 bridgehead atoms. The summed E-state index contributed by atoms with van der Waals surface area (Å²) in [6, 6.07) is 6.92. The summed E-state index contributed by atoms with van der Waals surface area (Å²) in [5.74, 6) is 0.596. The van der Waals surface area contributed by atoms with Crippen LogP contribution in [0.5, 0.6) is 0 Å². The lowest BCUT2D eigenvalue weighted by atomic mass is 9.95. The third kappa shape index (κ3) is 3.64. The van der Waals surface area contributed by atoms with Crippen molar-refractivity contribution in [1.29, 1.82) is 0 Å². The standard InChI is InChI=1S/C15H25N/c1-11(2)15(16)10-6-9-14-8-5-7-12(3)13(14)4/h5,7-8,11,15H,6,9-10,16H2,1-4H3. The van der Waals surface area contributed by atoms with E-state index in [1.165, 1.54) is 23.1 Å². The first-order chi connectivity index (χ1) is 7.52. The molecule has 1 heteroatoms. The van der Waals surface area contributed by atoms with Crippen LogP contribution < -0.4 is 5.73 Å². The fourth-order valence-corrected chi connectivity index (χ4v) is 1.94. The molecule has 2 N–H and O–H groups in total. The molecule has 90 valence electrons. The molecule has 0 aromatic heterocycles. The Morgan fingerprint density at radius 1 is 1.19 bits per heavy atom. The van der Waals surface area contributed by atoms with E-state index in [2.05, 4.69) is 45.9 Å². The van der Waals surface area contributed by atoms with E-state index in [9.17, 15) is 0 Å². The molecule has 0 spiro atoms. The normalized spacial score (nSPS) is 13.1. The highest BCUT2D eigenvalue weighted by molar-refractivity contribution is 5.33. The van der Waals surface area contributed by atoms with Crippen molar-refractivity contribution in [3.63, 3.8) is 0 Å². The van der Waals surface area contributed by atoms with Crippen LogP contribution in [0.4, 0.5) is 0 Å². The first-order valence-corrected chi connectivity index (χ1v) is 6.33. The highest BCUT2D eigenvalue weighted by atomic mass is 14.6. The molecule has 0 heterocycles. The molecule has 0 amide bonds. The second kappa shape index (κ2) is 6.05. The van der Waals surface area contributed by atoms with Gasteiger partial charge in [0.05, 0.1) is 0 Å². The van der Waals surface area contributed by atoms with E-state index in [0.717, 1.165) is 12.8 Å². The highest BCUT2D eigenvalue weighted by Crippen LogP contribution is 2.16. The fourth-order valence-electron chi connectivity index (χ4n) is 1.94. The Bertz CT molecular complexity index is 328. The molecule has 0 aliphatic heterocycles. The van der Waals surface area contributed by atoms with Crippen molar-refractivity contribution in [2.45, 2.75) is 53.0 Å². The Morgan fingerprint density at radius 3 is 2.50 bits per heavy atom. The minimum Gasteiger partial charge on any atom is -0.327 e. The number of benzene rings is 1. The Balaban J connectivity index is 2.46. The molecule has 1 aromatic rings. The molecule has 0 fully saturated rings. The van der Waals surface area contributed by atoms with E-state index in [0.29, 0.717) is 12.0 Å². The number of hydrogen-bond acceptors (Lipinski definition) is 1. The number of aryl methyl sites for hydroxylation is 2.